The highest BCUT2D eigenvalue weighted by Gasteiger charge is 2.31. The van der Waals surface area contributed by atoms with E-state index in [9.17, 15) is 13.2 Å². The molecule has 0 bridgehead atoms. The number of rotatable bonds is 1. The second kappa shape index (κ2) is 3.65. The minimum absolute atomic E-state index is 0.0381. The number of aromatic nitrogens is 2. The molecule has 0 atom stereocenters. The summed E-state index contributed by atoms with van der Waals surface area (Å²) in [5.41, 5.74) is 5.83. The SMILES string of the molecule is Nc1nc2c(Br)cccn2c1CC(F)(F)F. The monoisotopic (exact) mass is 293 g/mol. The summed E-state index contributed by atoms with van der Waals surface area (Å²) in [5, 5.41) is 0. The molecule has 0 saturated carbocycles. The lowest BCUT2D eigenvalue weighted by Gasteiger charge is -2.06. The van der Waals surface area contributed by atoms with E-state index in [-0.39, 0.29) is 11.5 Å². The molecule has 2 aromatic rings. The number of anilines is 1. The van der Waals surface area contributed by atoms with Crippen LogP contribution in [0.2, 0.25) is 0 Å². The third-order valence-electron chi connectivity index (χ3n) is 2.10. The van der Waals surface area contributed by atoms with E-state index in [1.807, 2.05) is 0 Å². The van der Waals surface area contributed by atoms with Crippen molar-refractivity contribution in [3.63, 3.8) is 0 Å². The quantitative estimate of drug-likeness (QED) is 0.879. The normalized spacial score (nSPS) is 12.2. The molecule has 0 radical (unpaired) electrons. The van der Waals surface area contributed by atoms with Crippen molar-refractivity contribution in [3.8, 4) is 0 Å². The van der Waals surface area contributed by atoms with Crippen molar-refractivity contribution >= 4 is 27.4 Å². The molecule has 2 aromatic heterocycles. The van der Waals surface area contributed by atoms with Crippen molar-refractivity contribution in [3.05, 3.63) is 28.5 Å². The van der Waals surface area contributed by atoms with Crippen molar-refractivity contribution in [2.45, 2.75) is 12.6 Å². The summed E-state index contributed by atoms with van der Waals surface area (Å²) < 4.78 is 38.9. The Kier molecular flexibility index (Phi) is 2.57. The number of halogens is 4. The van der Waals surface area contributed by atoms with E-state index in [2.05, 4.69) is 20.9 Å². The van der Waals surface area contributed by atoms with Gasteiger partial charge in [-0.2, -0.15) is 13.2 Å². The smallest absolute Gasteiger partial charge is 0.382 e. The fraction of sp³-hybridized carbons (Fsp3) is 0.222. The van der Waals surface area contributed by atoms with Gasteiger partial charge in [0.2, 0.25) is 0 Å². The van der Waals surface area contributed by atoms with E-state index >= 15 is 0 Å². The molecule has 2 N–H and O–H groups in total. The van der Waals surface area contributed by atoms with E-state index < -0.39 is 12.6 Å². The van der Waals surface area contributed by atoms with Crippen LogP contribution in [0.5, 0.6) is 0 Å². The third-order valence-corrected chi connectivity index (χ3v) is 2.72. The lowest BCUT2D eigenvalue weighted by atomic mass is 10.3. The molecular formula is C9H7BrF3N3. The number of nitrogens with two attached hydrogens (primary N) is 1. The van der Waals surface area contributed by atoms with Crippen molar-refractivity contribution in [1.29, 1.82) is 0 Å². The van der Waals surface area contributed by atoms with Gasteiger partial charge >= 0.3 is 6.18 Å². The number of nitrogen functional groups attached to an aromatic ring is 1. The molecule has 0 aromatic carbocycles. The van der Waals surface area contributed by atoms with Gasteiger partial charge in [-0.05, 0) is 28.1 Å². The third kappa shape index (κ3) is 1.99. The maximum atomic E-state index is 12.3. The van der Waals surface area contributed by atoms with Crippen LogP contribution in [-0.2, 0) is 6.42 Å². The average molecular weight is 294 g/mol. The predicted octanol–water partition coefficient (Wildman–Crippen LogP) is 2.78. The maximum Gasteiger partial charge on any atom is 0.394 e. The van der Waals surface area contributed by atoms with E-state index in [1.54, 1.807) is 12.1 Å². The first-order valence-corrected chi connectivity index (χ1v) is 5.15. The molecule has 0 spiro atoms. The number of nitrogens with zero attached hydrogens (tertiary/aromatic N) is 2. The van der Waals surface area contributed by atoms with Gasteiger partial charge in [0, 0.05) is 6.20 Å². The lowest BCUT2D eigenvalue weighted by Crippen LogP contribution is -2.14. The number of pyridine rings is 1. The first-order valence-electron chi connectivity index (χ1n) is 4.36. The van der Waals surface area contributed by atoms with E-state index in [1.165, 1.54) is 10.6 Å². The molecule has 0 saturated heterocycles. The Morgan fingerprint density at radius 3 is 2.75 bits per heavy atom. The van der Waals surface area contributed by atoms with Crippen LogP contribution in [0.15, 0.2) is 22.8 Å². The molecule has 0 aliphatic carbocycles. The number of fused-ring (bicyclic) bond motifs is 1. The highest BCUT2D eigenvalue weighted by molar-refractivity contribution is 9.10. The van der Waals surface area contributed by atoms with Crippen LogP contribution in [0.4, 0.5) is 19.0 Å². The summed E-state index contributed by atoms with van der Waals surface area (Å²) in [4.78, 5) is 3.89. The Bertz CT molecular complexity index is 533. The first-order chi connectivity index (χ1) is 7.38. The predicted molar refractivity (Wildman–Crippen MR) is 57.1 cm³/mol. The van der Waals surface area contributed by atoms with E-state index in [4.69, 9.17) is 5.73 Å². The molecule has 2 heterocycles. The molecule has 0 aliphatic heterocycles. The van der Waals surface area contributed by atoms with Crippen LogP contribution in [-0.4, -0.2) is 15.6 Å². The largest absolute Gasteiger partial charge is 0.394 e. The van der Waals surface area contributed by atoms with Gasteiger partial charge in [-0.1, -0.05) is 0 Å². The molecule has 0 unspecified atom stereocenters. The zero-order valence-corrected chi connectivity index (χ0v) is 9.51. The van der Waals surface area contributed by atoms with Gasteiger partial charge in [-0.25, -0.2) is 4.98 Å². The molecule has 16 heavy (non-hydrogen) atoms. The molecule has 7 heteroatoms. The highest BCUT2D eigenvalue weighted by atomic mass is 79.9. The Labute approximate surface area is 97.2 Å². The van der Waals surface area contributed by atoms with Gasteiger partial charge in [-0.15, -0.1) is 0 Å². The highest BCUT2D eigenvalue weighted by Crippen LogP contribution is 2.27. The summed E-state index contributed by atoms with van der Waals surface area (Å²) in [6.07, 6.45) is -3.88. The van der Waals surface area contributed by atoms with Crippen molar-refractivity contribution < 1.29 is 13.2 Å². The van der Waals surface area contributed by atoms with Gasteiger partial charge < -0.3 is 10.1 Å². The molecule has 0 fully saturated rings. The van der Waals surface area contributed by atoms with Crippen LogP contribution in [0, 0.1) is 0 Å². The second-order valence-electron chi connectivity index (χ2n) is 3.29. The van der Waals surface area contributed by atoms with E-state index in [0.717, 1.165) is 0 Å². The molecule has 0 amide bonds. The van der Waals surface area contributed by atoms with Gasteiger partial charge in [0.1, 0.15) is 5.82 Å². The van der Waals surface area contributed by atoms with Gasteiger partial charge in [0.05, 0.1) is 16.6 Å². The zero-order chi connectivity index (χ0) is 11.9. The number of hydrogen-bond donors (Lipinski definition) is 1. The summed E-state index contributed by atoms with van der Waals surface area (Å²) >= 11 is 3.20. The lowest BCUT2D eigenvalue weighted by molar-refractivity contribution is -0.127. The summed E-state index contributed by atoms with van der Waals surface area (Å²) in [7, 11) is 0. The second-order valence-corrected chi connectivity index (χ2v) is 4.14. The Balaban J connectivity index is 2.61. The van der Waals surface area contributed by atoms with E-state index in [0.29, 0.717) is 10.1 Å². The van der Waals surface area contributed by atoms with Crippen molar-refractivity contribution in [1.82, 2.24) is 9.38 Å². The summed E-state index contributed by atoms with van der Waals surface area (Å²) in [6, 6.07) is 3.32. The van der Waals surface area contributed by atoms with Gasteiger partial charge in [0.15, 0.2) is 5.65 Å². The number of alkyl halides is 3. The zero-order valence-electron chi connectivity index (χ0n) is 7.92. The fourth-order valence-electron chi connectivity index (χ4n) is 1.47. The standard InChI is InChI=1S/C9H7BrF3N3/c10-5-2-1-3-16-6(4-9(11,12)13)7(14)15-8(5)16/h1-3H,4,14H2. The molecule has 2 rings (SSSR count). The van der Waals surface area contributed by atoms with Crippen molar-refractivity contribution in [2.24, 2.45) is 0 Å². The minimum atomic E-state index is -4.30. The Morgan fingerprint density at radius 1 is 1.44 bits per heavy atom. The van der Waals surface area contributed by atoms with Gasteiger partial charge in [-0.3, -0.25) is 0 Å². The Hall–Kier alpha value is -1.24. The molecular weight excluding hydrogens is 287 g/mol. The minimum Gasteiger partial charge on any atom is -0.382 e. The number of imidazole rings is 1. The summed E-state index contributed by atoms with van der Waals surface area (Å²) in [6.45, 7) is 0. The van der Waals surface area contributed by atoms with Crippen LogP contribution in [0.25, 0.3) is 5.65 Å². The van der Waals surface area contributed by atoms with Crippen LogP contribution in [0.3, 0.4) is 0 Å². The van der Waals surface area contributed by atoms with Gasteiger partial charge in [0.25, 0.3) is 0 Å². The number of hydrogen-bond acceptors (Lipinski definition) is 2. The average Bonchev–Trinajstić information content (AvgIpc) is 2.44. The Morgan fingerprint density at radius 2 is 2.12 bits per heavy atom. The maximum absolute atomic E-state index is 12.3. The molecule has 0 aliphatic rings. The topological polar surface area (TPSA) is 43.3 Å². The van der Waals surface area contributed by atoms with Crippen molar-refractivity contribution in [2.75, 3.05) is 5.73 Å². The summed E-state index contributed by atoms with van der Waals surface area (Å²) in [5.74, 6) is -0.0933. The van der Waals surface area contributed by atoms with Crippen LogP contribution >= 0.6 is 15.9 Å². The molecule has 86 valence electrons. The van der Waals surface area contributed by atoms with Crippen LogP contribution < -0.4 is 5.73 Å². The fourth-order valence-corrected chi connectivity index (χ4v) is 1.90. The first kappa shape index (κ1) is 11.3. The van der Waals surface area contributed by atoms with Crippen LogP contribution in [0.1, 0.15) is 5.69 Å². The molecule has 3 nitrogen and oxygen atoms in total.